The summed E-state index contributed by atoms with van der Waals surface area (Å²) >= 11 is 0. The second-order valence-electron chi connectivity index (χ2n) is 17.7. The molecule has 0 amide bonds. The van der Waals surface area contributed by atoms with Gasteiger partial charge in [0, 0.05) is 27.1 Å². The molecule has 0 bridgehead atoms. The van der Waals surface area contributed by atoms with Crippen molar-refractivity contribution in [3.63, 3.8) is 0 Å². The summed E-state index contributed by atoms with van der Waals surface area (Å²) in [7, 11) is 0. The van der Waals surface area contributed by atoms with E-state index in [0.717, 1.165) is 33.2 Å². The molecule has 288 valence electrons. The lowest BCUT2D eigenvalue weighted by atomic mass is 9.80. The normalized spacial score (nSPS) is 13.5. The van der Waals surface area contributed by atoms with Gasteiger partial charge in [0.1, 0.15) is 0 Å². The van der Waals surface area contributed by atoms with Crippen molar-refractivity contribution in [2.75, 3.05) is 0 Å². The highest BCUT2D eigenvalue weighted by Gasteiger charge is 2.37. The molecule has 0 saturated heterocycles. The van der Waals surface area contributed by atoms with Crippen LogP contribution in [-0.2, 0) is 5.41 Å². The van der Waals surface area contributed by atoms with Crippen molar-refractivity contribution < 1.29 is 0 Å². The molecule has 3 heteroatoms. The second kappa shape index (κ2) is 12.1. The lowest BCUT2D eigenvalue weighted by Crippen LogP contribution is -2.14. The predicted octanol–water partition coefficient (Wildman–Crippen LogP) is 15.6. The molecule has 14 rings (SSSR count). The summed E-state index contributed by atoms with van der Waals surface area (Å²) in [4.78, 5) is 11.0. The van der Waals surface area contributed by atoms with Gasteiger partial charge in [-0.2, -0.15) is 0 Å². The van der Waals surface area contributed by atoms with Crippen LogP contribution in [0.3, 0.4) is 0 Å². The van der Waals surface area contributed by atoms with E-state index < -0.39 is 0 Å². The van der Waals surface area contributed by atoms with E-state index in [4.69, 9.17) is 9.97 Å². The molecule has 0 spiro atoms. The van der Waals surface area contributed by atoms with Gasteiger partial charge in [-0.15, -0.1) is 0 Å². The summed E-state index contributed by atoms with van der Waals surface area (Å²) < 4.78 is 2.32. The minimum Gasteiger partial charge on any atom is -0.278 e. The summed E-state index contributed by atoms with van der Waals surface area (Å²) in [5.41, 5.74) is 12.9. The van der Waals surface area contributed by atoms with Crippen molar-refractivity contribution in [2.24, 2.45) is 0 Å². The number of para-hydroxylation sites is 2. The molecule has 1 aliphatic rings. The molecule has 1 aliphatic carbocycles. The molecule has 2 heterocycles. The quantitative estimate of drug-likeness (QED) is 0.132. The van der Waals surface area contributed by atoms with Crippen molar-refractivity contribution >= 4 is 86.6 Å². The topological polar surface area (TPSA) is 30.7 Å². The van der Waals surface area contributed by atoms with Crippen LogP contribution in [0.5, 0.6) is 0 Å². The van der Waals surface area contributed by atoms with Gasteiger partial charge in [0.05, 0.1) is 22.2 Å². The minimum absolute atomic E-state index is 0.135. The van der Waals surface area contributed by atoms with Gasteiger partial charge in [0.15, 0.2) is 0 Å². The molecule has 11 aromatic carbocycles. The van der Waals surface area contributed by atoms with Crippen LogP contribution in [0, 0.1) is 0 Å². The van der Waals surface area contributed by atoms with Crippen molar-refractivity contribution in [1.82, 2.24) is 14.5 Å². The second-order valence-corrected chi connectivity index (χ2v) is 17.7. The van der Waals surface area contributed by atoms with Gasteiger partial charge in [-0.05, 0) is 124 Å². The Balaban J connectivity index is 1.07. The predicted molar refractivity (Wildman–Crippen MR) is 261 cm³/mol. The molecule has 0 aliphatic heterocycles. The lowest BCUT2D eigenvalue weighted by molar-refractivity contribution is 0.661. The van der Waals surface area contributed by atoms with Crippen LogP contribution in [0.25, 0.3) is 126 Å². The Bertz CT molecular complexity index is 4060. The number of nitrogens with zero attached hydrogens (tertiary/aromatic N) is 3. The maximum atomic E-state index is 5.57. The molecule has 0 radical (unpaired) electrons. The number of rotatable bonds is 3. The Hall–Kier alpha value is -7.88. The molecular formula is C59H37N3. The zero-order valence-electron chi connectivity index (χ0n) is 34.2. The van der Waals surface area contributed by atoms with E-state index in [1.807, 2.05) is 0 Å². The van der Waals surface area contributed by atoms with Crippen LogP contribution in [0.2, 0.25) is 0 Å². The van der Waals surface area contributed by atoms with Crippen molar-refractivity contribution in [3.8, 4) is 39.5 Å². The lowest BCUT2D eigenvalue weighted by Gasteiger charge is -2.23. The fourth-order valence-corrected chi connectivity index (χ4v) is 11.3. The van der Waals surface area contributed by atoms with Crippen molar-refractivity contribution in [2.45, 2.75) is 19.3 Å². The largest absolute Gasteiger partial charge is 0.278 e. The van der Waals surface area contributed by atoms with E-state index >= 15 is 0 Å². The van der Waals surface area contributed by atoms with E-state index in [1.165, 1.54) is 98.0 Å². The highest BCUT2D eigenvalue weighted by atomic mass is 15.2. The zero-order chi connectivity index (χ0) is 40.8. The SMILES string of the molecule is CC1(C)c2ccccc2-c2c1cc1c3cc4c(c5cccc(c6cccc2c61)c35)c1ccccc1n4-c1nc(-c2ccc3cc(-c4ccccc4)ccc3c2)c2ccccc2n1. The van der Waals surface area contributed by atoms with Crippen molar-refractivity contribution in [1.29, 1.82) is 0 Å². The third-order valence-corrected chi connectivity index (χ3v) is 14.1. The van der Waals surface area contributed by atoms with Crippen LogP contribution in [-0.4, -0.2) is 14.5 Å². The highest BCUT2D eigenvalue weighted by molar-refractivity contribution is 6.39. The summed E-state index contributed by atoms with van der Waals surface area (Å²) in [6, 6.07) is 69.1. The smallest absolute Gasteiger partial charge is 0.235 e. The van der Waals surface area contributed by atoms with Gasteiger partial charge in [-0.3, -0.25) is 4.57 Å². The Labute approximate surface area is 357 Å². The van der Waals surface area contributed by atoms with Gasteiger partial charge < -0.3 is 0 Å². The van der Waals surface area contributed by atoms with Gasteiger partial charge in [-0.25, -0.2) is 9.97 Å². The standard InChI is InChI=1S/C59H37N3/c1-59(2)48-23-9-6-16-41(48)55-44-21-12-19-39-40-20-13-22-45-54(40)47(46(53(39)44)32-49(55)59)33-52-56(45)43-18-8-11-25-51(43)62(52)58-60-50-24-10-7-17-42(50)57(61-58)38-29-28-36-30-35(26-27-37(36)31-38)34-14-4-3-5-15-34/h3-33H,1-2H3. The monoisotopic (exact) mass is 787 g/mol. The number of hydrogen-bond acceptors (Lipinski definition) is 2. The molecule has 0 fully saturated rings. The zero-order valence-corrected chi connectivity index (χ0v) is 34.2. The molecule has 3 nitrogen and oxygen atoms in total. The Morgan fingerprint density at radius 3 is 1.85 bits per heavy atom. The van der Waals surface area contributed by atoms with Crippen LogP contribution >= 0.6 is 0 Å². The Morgan fingerprint density at radius 1 is 0.387 bits per heavy atom. The first-order valence-electron chi connectivity index (χ1n) is 21.6. The van der Waals surface area contributed by atoms with Gasteiger partial charge >= 0.3 is 0 Å². The van der Waals surface area contributed by atoms with Crippen LogP contribution in [0.15, 0.2) is 188 Å². The van der Waals surface area contributed by atoms with Crippen molar-refractivity contribution in [3.05, 3.63) is 199 Å². The number of benzene rings is 11. The van der Waals surface area contributed by atoms with Gasteiger partial charge in [-0.1, -0.05) is 166 Å². The van der Waals surface area contributed by atoms with E-state index in [-0.39, 0.29) is 5.41 Å². The molecule has 2 aromatic heterocycles. The molecular weight excluding hydrogens is 751 g/mol. The molecule has 0 N–H and O–H groups in total. The first kappa shape index (κ1) is 33.9. The molecule has 13 aromatic rings. The van der Waals surface area contributed by atoms with E-state index in [1.54, 1.807) is 0 Å². The van der Waals surface area contributed by atoms with Crippen LogP contribution in [0.4, 0.5) is 0 Å². The maximum absolute atomic E-state index is 5.57. The molecule has 0 saturated carbocycles. The van der Waals surface area contributed by atoms with Crippen LogP contribution < -0.4 is 0 Å². The van der Waals surface area contributed by atoms with Gasteiger partial charge in [0.25, 0.3) is 0 Å². The van der Waals surface area contributed by atoms with E-state index in [2.05, 4.69) is 206 Å². The molecule has 62 heavy (non-hydrogen) atoms. The fraction of sp³-hybridized carbons (Fsp3) is 0.0508. The summed E-state index contributed by atoms with van der Waals surface area (Å²) in [6.07, 6.45) is 0. The number of aromatic nitrogens is 3. The Kier molecular flexibility index (Phi) is 6.63. The number of hydrogen-bond donors (Lipinski definition) is 0. The maximum Gasteiger partial charge on any atom is 0.235 e. The van der Waals surface area contributed by atoms with Gasteiger partial charge in [0.2, 0.25) is 5.95 Å². The first-order valence-corrected chi connectivity index (χ1v) is 21.6. The fourth-order valence-electron chi connectivity index (χ4n) is 11.3. The number of fused-ring (bicyclic) bond motifs is 12. The minimum atomic E-state index is -0.135. The first-order chi connectivity index (χ1) is 30.5. The van der Waals surface area contributed by atoms with E-state index in [9.17, 15) is 0 Å². The third-order valence-electron chi connectivity index (χ3n) is 14.1. The summed E-state index contributed by atoms with van der Waals surface area (Å²) in [5.74, 6) is 0.666. The highest BCUT2D eigenvalue weighted by Crippen LogP contribution is 2.55. The third kappa shape index (κ3) is 4.44. The van der Waals surface area contributed by atoms with E-state index in [0.29, 0.717) is 5.95 Å². The molecule has 0 unspecified atom stereocenters. The average molecular weight is 788 g/mol. The summed E-state index contributed by atoms with van der Waals surface area (Å²) in [5, 5.41) is 16.2. The summed E-state index contributed by atoms with van der Waals surface area (Å²) in [6.45, 7) is 4.78. The molecule has 0 atom stereocenters. The Morgan fingerprint density at radius 2 is 1.02 bits per heavy atom. The average Bonchev–Trinajstić information content (AvgIpc) is 3.78. The van der Waals surface area contributed by atoms with Crippen LogP contribution in [0.1, 0.15) is 25.0 Å².